The van der Waals surface area contributed by atoms with Gasteiger partial charge < -0.3 is 14.6 Å². The van der Waals surface area contributed by atoms with Crippen LogP contribution in [0.2, 0.25) is 5.02 Å². The first-order valence-corrected chi connectivity index (χ1v) is 12.7. The van der Waals surface area contributed by atoms with Gasteiger partial charge in [0.1, 0.15) is 24.0 Å². The summed E-state index contributed by atoms with van der Waals surface area (Å²) in [7, 11) is -2.38. The van der Waals surface area contributed by atoms with Gasteiger partial charge in [-0.15, -0.1) is 0 Å². The molecule has 0 spiro atoms. The average molecular weight is 524 g/mol. The molecule has 0 bridgehead atoms. The first-order valence-electron chi connectivity index (χ1n) is 10.7. The molecule has 0 unspecified atom stereocenters. The van der Waals surface area contributed by atoms with E-state index in [1.807, 2.05) is 0 Å². The zero-order valence-electron chi connectivity index (χ0n) is 18.7. The molecule has 1 aliphatic rings. The molecule has 2 aromatic carbocycles. The van der Waals surface area contributed by atoms with E-state index in [1.54, 1.807) is 6.20 Å². The van der Waals surface area contributed by atoms with E-state index in [9.17, 15) is 17.6 Å². The second-order valence-electron chi connectivity index (χ2n) is 8.00. The molecule has 0 aliphatic heterocycles. The van der Waals surface area contributed by atoms with E-state index in [2.05, 4.69) is 10.4 Å². The highest BCUT2D eigenvalue weighted by Crippen LogP contribution is 2.36. The third-order valence-corrected chi connectivity index (χ3v) is 7.49. The molecule has 0 radical (unpaired) electrons. The standard InChI is InChI=1S/C23H23ClFN3O6S/c1-33-22-9-14(25)5-7-21(22)34-20-8-6-15(10-17(20)24)35(31,32)13-26-18-3-2-4-19-16(18)11-27-28(19)12-23(29)30/h5-11,18,26H,2-4,12-13H2,1H3,(H,29,30)/t18-/m1/s1. The molecule has 35 heavy (non-hydrogen) atoms. The Labute approximate surface area is 206 Å². The largest absolute Gasteiger partial charge is 0.493 e. The minimum atomic E-state index is -3.75. The number of aromatic nitrogens is 2. The van der Waals surface area contributed by atoms with Gasteiger partial charge >= 0.3 is 5.97 Å². The van der Waals surface area contributed by atoms with Crippen molar-refractivity contribution in [2.24, 2.45) is 0 Å². The number of nitrogens with one attached hydrogen (secondary N) is 1. The Balaban J connectivity index is 1.47. The van der Waals surface area contributed by atoms with E-state index in [0.29, 0.717) is 12.8 Å². The topological polar surface area (TPSA) is 120 Å². The molecule has 2 N–H and O–H groups in total. The zero-order valence-corrected chi connectivity index (χ0v) is 20.3. The van der Waals surface area contributed by atoms with Crippen molar-refractivity contribution in [3.8, 4) is 17.2 Å². The number of carboxylic acid groups (broad SMARTS) is 1. The number of hydrogen-bond acceptors (Lipinski definition) is 7. The molecule has 0 saturated heterocycles. The Bertz CT molecular complexity index is 1360. The van der Waals surface area contributed by atoms with Crippen molar-refractivity contribution in [3.05, 3.63) is 64.7 Å². The quantitative estimate of drug-likeness (QED) is 0.432. The summed E-state index contributed by atoms with van der Waals surface area (Å²) in [5, 5.41) is 16.3. The third-order valence-electron chi connectivity index (χ3n) is 5.68. The molecule has 0 saturated carbocycles. The fourth-order valence-electron chi connectivity index (χ4n) is 3.99. The van der Waals surface area contributed by atoms with Crippen molar-refractivity contribution in [2.45, 2.75) is 36.7 Å². The van der Waals surface area contributed by atoms with E-state index in [4.69, 9.17) is 26.2 Å². The van der Waals surface area contributed by atoms with Crippen LogP contribution in [0.25, 0.3) is 0 Å². The monoisotopic (exact) mass is 523 g/mol. The molecule has 3 aromatic rings. The van der Waals surface area contributed by atoms with Gasteiger partial charge in [0.15, 0.2) is 21.3 Å². The maximum absolute atomic E-state index is 13.4. The maximum atomic E-state index is 13.4. The lowest BCUT2D eigenvalue weighted by Gasteiger charge is -2.24. The van der Waals surface area contributed by atoms with E-state index in [0.717, 1.165) is 23.7 Å². The Hall–Kier alpha value is -3.15. The van der Waals surface area contributed by atoms with Gasteiger partial charge in [-0.1, -0.05) is 11.6 Å². The third kappa shape index (κ3) is 5.58. The predicted molar refractivity (Wildman–Crippen MR) is 125 cm³/mol. The molecular weight excluding hydrogens is 501 g/mol. The normalized spacial score (nSPS) is 15.5. The molecule has 1 aromatic heterocycles. The van der Waals surface area contributed by atoms with Crippen LogP contribution in [0.15, 0.2) is 47.5 Å². The first-order chi connectivity index (χ1) is 16.7. The number of rotatable bonds is 9. The summed E-state index contributed by atoms with van der Waals surface area (Å²) >= 11 is 6.29. The second-order valence-corrected chi connectivity index (χ2v) is 10.4. The van der Waals surface area contributed by atoms with Gasteiger partial charge in [0.05, 0.1) is 23.2 Å². The van der Waals surface area contributed by atoms with Crippen molar-refractivity contribution in [1.29, 1.82) is 0 Å². The Morgan fingerprint density at radius 3 is 2.74 bits per heavy atom. The van der Waals surface area contributed by atoms with Crippen LogP contribution in [0.1, 0.15) is 30.1 Å². The van der Waals surface area contributed by atoms with Crippen LogP contribution < -0.4 is 14.8 Å². The maximum Gasteiger partial charge on any atom is 0.325 e. The number of ether oxygens (including phenoxy) is 2. The summed E-state index contributed by atoms with van der Waals surface area (Å²) < 4.78 is 51.6. The number of carboxylic acids is 1. The molecule has 0 fully saturated rings. The Kier molecular flexibility index (Phi) is 7.29. The van der Waals surface area contributed by atoms with Crippen LogP contribution in [0, 0.1) is 5.82 Å². The lowest BCUT2D eigenvalue weighted by molar-refractivity contribution is -0.137. The molecule has 1 aliphatic carbocycles. The highest BCUT2D eigenvalue weighted by molar-refractivity contribution is 7.91. The number of carbonyl (C=O) groups is 1. The SMILES string of the molecule is COc1cc(F)ccc1Oc1ccc(S(=O)(=O)CN[C@@H]2CCCc3c2cnn3CC(=O)O)cc1Cl. The van der Waals surface area contributed by atoms with Crippen molar-refractivity contribution in [2.75, 3.05) is 13.0 Å². The fourth-order valence-corrected chi connectivity index (χ4v) is 5.43. The van der Waals surface area contributed by atoms with Crippen LogP contribution in [0.4, 0.5) is 4.39 Å². The smallest absolute Gasteiger partial charge is 0.325 e. The zero-order chi connectivity index (χ0) is 25.2. The van der Waals surface area contributed by atoms with Crippen LogP contribution in [0.5, 0.6) is 17.2 Å². The second kappa shape index (κ2) is 10.2. The summed E-state index contributed by atoms with van der Waals surface area (Å²) in [4.78, 5) is 11.1. The average Bonchev–Trinajstić information content (AvgIpc) is 3.22. The van der Waals surface area contributed by atoms with Crippen molar-refractivity contribution in [3.63, 3.8) is 0 Å². The van der Waals surface area contributed by atoms with Crippen LogP contribution in [0.3, 0.4) is 0 Å². The number of methoxy groups -OCH3 is 1. The van der Waals surface area contributed by atoms with E-state index < -0.39 is 21.6 Å². The van der Waals surface area contributed by atoms with Gasteiger partial charge in [0, 0.05) is 23.4 Å². The minimum absolute atomic E-state index is 0.00558. The van der Waals surface area contributed by atoms with Gasteiger partial charge in [-0.2, -0.15) is 5.10 Å². The molecule has 186 valence electrons. The summed E-state index contributed by atoms with van der Waals surface area (Å²) in [6, 6.07) is 7.59. The molecule has 1 atom stereocenters. The number of sulfone groups is 1. The summed E-state index contributed by atoms with van der Waals surface area (Å²) in [5.41, 5.74) is 1.61. The number of halogens is 2. The van der Waals surface area contributed by atoms with Crippen molar-refractivity contribution in [1.82, 2.24) is 15.1 Å². The number of fused-ring (bicyclic) bond motifs is 1. The number of nitrogens with zero attached hydrogens (tertiary/aromatic N) is 2. The molecular formula is C23H23ClFN3O6S. The van der Waals surface area contributed by atoms with E-state index in [-0.39, 0.29) is 45.6 Å². The Morgan fingerprint density at radius 1 is 1.26 bits per heavy atom. The van der Waals surface area contributed by atoms with Crippen LogP contribution >= 0.6 is 11.6 Å². The molecule has 9 nitrogen and oxygen atoms in total. The lowest BCUT2D eigenvalue weighted by Crippen LogP contribution is -2.30. The number of hydrogen-bond donors (Lipinski definition) is 2. The highest BCUT2D eigenvalue weighted by Gasteiger charge is 2.27. The van der Waals surface area contributed by atoms with Gasteiger partial charge in [-0.3, -0.25) is 14.8 Å². The summed E-state index contributed by atoms with van der Waals surface area (Å²) in [5.74, 6) is -1.25. The predicted octanol–water partition coefficient (Wildman–Crippen LogP) is 3.96. The molecule has 4 rings (SSSR count). The number of aliphatic carboxylic acids is 1. The first kappa shape index (κ1) is 25.0. The molecule has 12 heteroatoms. The summed E-state index contributed by atoms with van der Waals surface area (Å²) in [6.07, 6.45) is 3.76. The minimum Gasteiger partial charge on any atom is -0.493 e. The molecule has 1 heterocycles. The lowest BCUT2D eigenvalue weighted by atomic mass is 9.93. The van der Waals surface area contributed by atoms with Crippen LogP contribution in [-0.4, -0.2) is 42.3 Å². The van der Waals surface area contributed by atoms with Gasteiger partial charge in [0.2, 0.25) is 0 Å². The van der Waals surface area contributed by atoms with Gasteiger partial charge in [0.25, 0.3) is 0 Å². The summed E-state index contributed by atoms with van der Waals surface area (Å²) in [6.45, 7) is -0.239. The van der Waals surface area contributed by atoms with Crippen molar-refractivity contribution >= 4 is 27.4 Å². The van der Waals surface area contributed by atoms with Crippen LogP contribution in [-0.2, 0) is 27.6 Å². The van der Waals surface area contributed by atoms with E-state index >= 15 is 0 Å². The van der Waals surface area contributed by atoms with Gasteiger partial charge in [-0.25, -0.2) is 12.8 Å². The number of benzene rings is 2. The van der Waals surface area contributed by atoms with Crippen molar-refractivity contribution < 1.29 is 32.2 Å². The molecule has 0 amide bonds. The van der Waals surface area contributed by atoms with E-state index in [1.165, 1.54) is 42.1 Å². The Morgan fingerprint density at radius 2 is 2.03 bits per heavy atom. The van der Waals surface area contributed by atoms with Gasteiger partial charge in [-0.05, 0) is 49.6 Å². The highest BCUT2D eigenvalue weighted by atomic mass is 35.5. The fraction of sp³-hybridized carbons (Fsp3) is 0.304.